The number of nitrogens with one attached hydrogen (secondary N) is 1. The zero-order valence-corrected chi connectivity index (χ0v) is 18.2. The number of carbonyl (C=O) groups is 3. The minimum atomic E-state index is -0.436. The van der Waals surface area contributed by atoms with E-state index in [1.54, 1.807) is 53.1 Å². The molecule has 0 atom stereocenters. The number of hydrogen-bond acceptors (Lipinski definition) is 5. The van der Waals surface area contributed by atoms with E-state index in [9.17, 15) is 19.2 Å². The van der Waals surface area contributed by atoms with Crippen LogP contribution in [0.5, 0.6) is 0 Å². The van der Waals surface area contributed by atoms with Crippen LogP contribution in [0.15, 0.2) is 78.0 Å². The fraction of sp³-hybridized carbons (Fsp3) is 0.115. The molecule has 2 aromatic heterocycles. The Hall–Kier alpha value is -4.39. The smallest absolute Gasteiger partial charge is 0.244 e. The number of carbonyl (C=O) groups excluding carboxylic acids is 3. The summed E-state index contributed by atoms with van der Waals surface area (Å²) in [6.07, 6.45) is 4.40. The van der Waals surface area contributed by atoms with Gasteiger partial charge in [-0.2, -0.15) is 0 Å². The Labute approximate surface area is 189 Å². The lowest BCUT2D eigenvalue weighted by atomic mass is 10.0. The van der Waals surface area contributed by atoms with Crippen LogP contribution in [0.25, 0.3) is 10.9 Å². The second kappa shape index (κ2) is 9.00. The van der Waals surface area contributed by atoms with Crippen LogP contribution in [0.1, 0.15) is 38.8 Å². The van der Waals surface area contributed by atoms with Gasteiger partial charge in [-0.15, -0.1) is 0 Å². The van der Waals surface area contributed by atoms with Crippen LogP contribution in [-0.4, -0.2) is 27.0 Å². The van der Waals surface area contributed by atoms with Crippen molar-refractivity contribution in [3.8, 4) is 0 Å². The van der Waals surface area contributed by atoms with E-state index in [-0.39, 0.29) is 29.2 Å². The van der Waals surface area contributed by atoms with Gasteiger partial charge in [-0.05, 0) is 50.2 Å². The molecule has 0 bridgehead atoms. The monoisotopic (exact) mass is 439 g/mol. The Bertz CT molecular complexity index is 1460. The van der Waals surface area contributed by atoms with Gasteiger partial charge in [-0.25, -0.2) is 0 Å². The molecule has 0 saturated carbocycles. The third-order valence-electron chi connectivity index (χ3n) is 5.29. The van der Waals surface area contributed by atoms with Crippen molar-refractivity contribution in [1.82, 2.24) is 9.55 Å². The molecule has 33 heavy (non-hydrogen) atoms. The normalized spacial score (nSPS) is 10.7. The Balaban J connectivity index is 1.74. The lowest BCUT2D eigenvalue weighted by molar-refractivity contribution is -0.116. The largest absolute Gasteiger partial charge is 0.337 e. The molecule has 0 radical (unpaired) electrons. The van der Waals surface area contributed by atoms with E-state index in [1.165, 1.54) is 25.5 Å². The molecule has 7 nitrogen and oxygen atoms in total. The second-order valence-electron chi connectivity index (χ2n) is 7.77. The summed E-state index contributed by atoms with van der Waals surface area (Å²) in [5, 5.41) is 3.14. The first-order valence-corrected chi connectivity index (χ1v) is 10.3. The van der Waals surface area contributed by atoms with Crippen molar-refractivity contribution in [1.29, 1.82) is 0 Å². The summed E-state index contributed by atoms with van der Waals surface area (Å²) in [4.78, 5) is 54.5. The number of anilines is 1. The van der Waals surface area contributed by atoms with E-state index < -0.39 is 5.78 Å². The minimum Gasteiger partial charge on any atom is -0.337 e. The maximum Gasteiger partial charge on any atom is 0.244 e. The fourth-order valence-electron chi connectivity index (χ4n) is 3.63. The predicted octanol–water partition coefficient (Wildman–Crippen LogP) is 3.78. The number of aromatic nitrogens is 2. The van der Waals surface area contributed by atoms with Crippen molar-refractivity contribution < 1.29 is 14.4 Å². The second-order valence-corrected chi connectivity index (χ2v) is 7.77. The van der Waals surface area contributed by atoms with Gasteiger partial charge in [-0.1, -0.05) is 23.8 Å². The van der Waals surface area contributed by atoms with Crippen LogP contribution in [0.4, 0.5) is 5.69 Å². The number of fused-ring (bicyclic) bond motifs is 1. The van der Waals surface area contributed by atoms with Gasteiger partial charge < -0.3 is 9.88 Å². The maximum absolute atomic E-state index is 13.1. The van der Waals surface area contributed by atoms with Crippen LogP contribution < -0.4 is 10.7 Å². The molecule has 164 valence electrons. The molecule has 0 aliphatic rings. The van der Waals surface area contributed by atoms with Crippen molar-refractivity contribution in [2.24, 2.45) is 0 Å². The summed E-state index contributed by atoms with van der Waals surface area (Å²) in [7, 11) is 0. The Morgan fingerprint density at radius 2 is 1.73 bits per heavy atom. The Kier molecular flexibility index (Phi) is 5.95. The molecule has 2 aromatic carbocycles. The average Bonchev–Trinajstić information content (AvgIpc) is 2.81. The number of nitrogens with zero attached hydrogens (tertiary/aromatic N) is 2. The molecule has 4 aromatic rings. The molecule has 0 fully saturated rings. The van der Waals surface area contributed by atoms with E-state index in [2.05, 4.69) is 10.3 Å². The zero-order valence-electron chi connectivity index (χ0n) is 18.2. The van der Waals surface area contributed by atoms with Gasteiger partial charge in [0.1, 0.15) is 6.54 Å². The van der Waals surface area contributed by atoms with Crippen molar-refractivity contribution in [3.63, 3.8) is 0 Å². The number of aryl methyl sites for hydroxylation is 1. The number of rotatable bonds is 6. The van der Waals surface area contributed by atoms with Crippen LogP contribution in [-0.2, 0) is 11.3 Å². The third-order valence-corrected chi connectivity index (χ3v) is 5.29. The minimum absolute atomic E-state index is 0.0225. The highest BCUT2D eigenvalue weighted by Crippen LogP contribution is 2.17. The fourth-order valence-corrected chi connectivity index (χ4v) is 3.63. The van der Waals surface area contributed by atoms with Crippen molar-refractivity contribution in [2.45, 2.75) is 20.4 Å². The summed E-state index contributed by atoms with van der Waals surface area (Å²) >= 11 is 0. The van der Waals surface area contributed by atoms with Crippen molar-refractivity contribution >= 4 is 34.1 Å². The number of amides is 1. The Morgan fingerprint density at radius 3 is 2.45 bits per heavy atom. The molecule has 0 spiro atoms. The molecule has 2 heterocycles. The highest BCUT2D eigenvalue weighted by atomic mass is 16.2. The molecule has 0 aliphatic heterocycles. The van der Waals surface area contributed by atoms with Gasteiger partial charge >= 0.3 is 0 Å². The van der Waals surface area contributed by atoms with Gasteiger partial charge in [0.05, 0.1) is 11.1 Å². The van der Waals surface area contributed by atoms with Gasteiger partial charge in [0, 0.05) is 40.8 Å². The number of benzene rings is 2. The lowest BCUT2D eigenvalue weighted by Crippen LogP contribution is -2.24. The summed E-state index contributed by atoms with van der Waals surface area (Å²) in [5.74, 6) is -0.898. The standard InChI is InChI=1S/C26H21N3O4/c1-16-6-7-23-21(12-16)26(33)22(25(32)18-8-10-27-11-9-18)14-29(23)15-24(31)28-20-5-3-4-19(13-20)17(2)30/h3-14H,15H2,1-2H3,(H,28,31). The van der Waals surface area contributed by atoms with E-state index in [1.807, 2.05) is 13.0 Å². The first-order chi connectivity index (χ1) is 15.8. The number of hydrogen-bond donors (Lipinski definition) is 1. The summed E-state index contributed by atoms with van der Waals surface area (Å²) in [5.41, 5.74) is 2.32. The van der Waals surface area contributed by atoms with Crippen LogP contribution in [0, 0.1) is 6.92 Å². The van der Waals surface area contributed by atoms with Crippen LogP contribution >= 0.6 is 0 Å². The summed E-state index contributed by atoms with van der Waals surface area (Å²) in [6, 6.07) is 15.1. The SMILES string of the molecule is CC(=O)c1cccc(NC(=O)Cn2cc(C(=O)c3ccncc3)c(=O)c3cc(C)ccc32)c1. The number of pyridine rings is 2. The molecular weight excluding hydrogens is 418 g/mol. The maximum atomic E-state index is 13.1. The highest BCUT2D eigenvalue weighted by molar-refractivity contribution is 6.10. The average molecular weight is 439 g/mol. The molecule has 0 saturated heterocycles. The van der Waals surface area contributed by atoms with E-state index in [0.717, 1.165) is 5.56 Å². The molecule has 1 amide bonds. The van der Waals surface area contributed by atoms with E-state index in [0.29, 0.717) is 27.7 Å². The van der Waals surface area contributed by atoms with Crippen molar-refractivity contribution in [3.05, 3.63) is 106 Å². The lowest BCUT2D eigenvalue weighted by Gasteiger charge is -2.14. The molecule has 7 heteroatoms. The number of Topliss-reactive ketones (excluding diaryl/α,β-unsaturated/α-hetero) is 1. The van der Waals surface area contributed by atoms with Gasteiger partial charge in [-0.3, -0.25) is 24.2 Å². The Morgan fingerprint density at radius 1 is 0.970 bits per heavy atom. The van der Waals surface area contributed by atoms with Crippen LogP contribution in [0.2, 0.25) is 0 Å². The predicted molar refractivity (Wildman–Crippen MR) is 126 cm³/mol. The van der Waals surface area contributed by atoms with Crippen molar-refractivity contribution in [2.75, 3.05) is 5.32 Å². The third kappa shape index (κ3) is 4.62. The van der Waals surface area contributed by atoms with Gasteiger partial charge in [0.15, 0.2) is 11.6 Å². The highest BCUT2D eigenvalue weighted by Gasteiger charge is 2.18. The molecule has 0 aliphatic carbocycles. The molecule has 4 rings (SSSR count). The van der Waals surface area contributed by atoms with E-state index in [4.69, 9.17) is 0 Å². The molecule has 0 unspecified atom stereocenters. The topological polar surface area (TPSA) is 98.1 Å². The zero-order chi connectivity index (χ0) is 23.5. The number of ketones is 2. The quantitative estimate of drug-likeness (QED) is 0.461. The molecular formula is C26H21N3O4. The van der Waals surface area contributed by atoms with Gasteiger partial charge in [0.25, 0.3) is 0 Å². The van der Waals surface area contributed by atoms with E-state index >= 15 is 0 Å². The van der Waals surface area contributed by atoms with Crippen LogP contribution in [0.3, 0.4) is 0 Å². The van der Waals surface area contributed by atoms with Gasteiger partial charge in [0.2, 0.25) is 11.3 Å². The summed E-state index contributed by atoms with van der Waals surface area (Å²) in [6.45, 7) is 3.19. The summed E-state index contributed by atoms with van der Waals surface area (Å²) < 4.78 is 1.59. The first-order valence-electron chi connectivity index (χ1n) is 10.3. The molecule has 1 N–H and O–H groups in total. The first kappa shape index (κ1) is 21.8.